The van der Waals surface area contributed by atoms with Crippen LogP contribution in [0, 0.1) is 0 Å². The minimum atomic E-state index is -0.224. The Bertz CT molecular complexity index is 120. The van der Waals surface area contributed by atoms with Gasteiger partial charge in [0.25, 0.3) is 0 Å². The topological polar surface area (TPSA) is 38.3 Å². The first-order chi connectivity index (χ1) is 4.70. The molecular weight excluding hydrogens is 150 g/mol. The van der Waals surface area contributed by atoms with Gasteiger partial charge in [-0.05, 0) is 0 Å². The molecule has 0 rings (SSSR count). The first-order valence-corrected chi connectivity index (χ1v) is 3.39. The lowest BCUT2D eigenvalue weighted by molar-refractivity contribution is -0.140. The highest BCUT2D eigenvalue weighted by atomic mass is 32.1. The predicted octanol–water partition coefficient (Wildman–Crippen LogP) is 0.486. The molecule has 0 spiro atoms. The maximum Gasteiger partial charge on any atom is 0.305 e. The van der Waals surface area contributed by atoms with Gasteiger partial charge in [0, 0.05) is 13.5 Å². The van der Waals surface area contributed by atoms with Gasteiger partial charge >= 0.3 is 5.97 Å². The van der Waals surface area contributed by atoms with Crippen molar-refractivity contribution in [2.24, 2.45) is 0 Å². The number of hydrogen-bond acceptors (Lipinski definition) is 3. The van der Waals surface area contributed by atoms with E-state index in [4.69, 9.17) is 12.2 Å². The molecule has 0 saturated heterocycles. The second-order valence-corrected chi connectivity index (χ2v) is 2.24. The number of rotatable bonds is 3. The van der Waals surface area contributed by atoms with E-state index >= 15 is 0 Å². The largest absolute Gasteiger partial charge is 0.469 e. The van der Waals surface area contributed by atoms with Crippen LogP contribution in [0.25, 0.3) is 0 Å². The van der Waals surface area contributed by atoms with Crippen LogP contribution >= 0.6 is 12.2 Å². The van der Waals surface area contributed by atoms with Crippen molar-refractivity contribution in [3.8, 4) is 0 Å². The zero-order valence-electron chi connectivity index (χ0n) is 6.14. The second-order valence-electron chi connectivity index (χ2n) is 1.75. The van der Waals surface area contributed by atoms with Crippen molar-refractivity contribution < 1.29 is 9.53 Å². The Morgan fingerprint density at radius 3 is 2.60 bits per heavy atom. The summed E-state index contributed by atoms with van der Waals surface area (Å²) < 4.78 is 4.42. The molecule has 0 fully saturated rings. The summed E-state index contributed by atoms with van der Waals surface area (Å²) in [4.78, 5) is 11.2. The Labute approximate surface area is 65.7 Å². The molecule has 0 radical (unpaired) electrons. The lowest BCUT2D eigenvalue weighted by Gasteiger charge is -1.99. The van der Waals surface area contributed by atoms with Gasteiger partial charge in [-0.15, -0.1) is 0 Å². The first kappa shape index (κ1) is 9.36. The number of esters is 1. The highest BCUT2D eigenvalue weighted by Gasteiger charge is 2.00. The van der Waals surface area contributed by atoms with Crippen LogP contribution in [0.2, 0.25) is 0 Å². The van der Waals surface area contributed by atoms with Crippen LogP contribution in [0.15, 0.2) is 0 Å². The zero-order chi connectivity index (χ0) is 7.98. The summed E-state index contributed by atoms with van der Waals surface area (Å²) in [7, 11) is 3.10. The quantitative estimate of drug-likeness (QED) is 0.483. The molecular formula is C6H11NO2S. The van der Waals surface area contributed by atoms with Crippen LogP contribution in [-0.4, -0.2) is 25.1 Å². The van der Waals surface area contributed by atoms with Crippen molar-refractivity contribution in [2.75, 3.05) is 14.2 Å². The molecule has 0 aliphatic heterocycles. The molecule has 0 unspecified atom stereocenters. The number of hydrogen-bond donors (Lipinski definition) is 1. The van der Waals surface area contributed by atoms with E-state index in [1.54, 1.807) is 7.05 Å². The standard InChI is InChI=1S/C6H11NO2S/c1-7-5(10)3-4-6(8)9-2/h3-4H2,1-2H3,(H,7,10). The summed E-state index contributed by atoms with van der Waals surface area (Å²) in [5, 5.41) is 2.77. The Balaban J connectivity index is 3.35. The van der Waals surface area contributed by atoms with Crippen LogP contribution in [0.1, 0.15) is 12.8 Å². The predicted molar refractivity (Wildman–Crippen MR) is 42.9 cm³/mol. The smallest absolute Gasteiger partial charge is 0.305 e. The van der Waals surface area contributed by atoms with Crippen LogP contribution < -0.4 is 5.32 Å². The molecule has 0 aromatic rings. The van der Waals surface area contributed by atoms with Crippen LogP contribution in [-0.2, 0) is 9.53 Å². The average molecular weight is 161 g/mol. The van der Waals surface area contributed by atoms with E-state index in [-0.39, 0.29) is 5.97 Å². The van der Waals surface area contributed by atoms with Gasteiger partial charge in [0.15, 0.2) is 0 Å². The van der Waals surface area contributed by atoms with E-state index in [0.29, 0.717) is 17.8 Å². The van der Waals surface area contributed by atoms with Crippen LogP contribution in [0.3, 0.4) is 0 Å². The minimum absolute atomic E-state index is 0.224. The Morgan fingerprint density at radius 2 is 2.20 bits per heavy atom. The third-order valence-corrected chi connectivity index (χ3v) is 1.47. The van der Waals surface area contributed by atoms with Crippen LogP contribution in [0.5, 0.6) is 0 Å². The van der Waals surface area contributed by atoms with E-state index in [1.807, 2.05) is 0 Å². The number of carbonyl (C=O) groups is 1. The number of nitrogens with one attached hydrogen (secondary N) is 1. The van der Waals surface area contributed by atoms with Gasteiger partial charge < -0.3 is 10.1 Å². The number of methoxy groups -OCH3 is 1. The van der Waals surface area contributed by atoms with Gasteiger partial charge in [0.05, 0.1) is 18.5 Å². The fourth-order valence-electron chi connectivity index (χ4n) is 0.443. The van der Waals surface area contributed by atoms with Crippen LogP contribution in [0.4, 0.5) is 0 Å². The summed E-state index contributed by atoms with van der Waals surface area (Å²) >= 11 is 4.80. The molecule has 3 nitrogen and oxygen atoms in total. The van der Waals surface area contributed by atoms with E-state index in [2.05, 4.69) is 10.1 Å². The number of carbonyl (C=O) groups excluding carboxylic acids is 1. The molecule has 0 aromatic heterocycles. The maximum atomic E-state index is 10.5. The molecule has 0 aliphatic carbocycles. The minimum Gasteiger partial charge on any atom is -0.469 e. The van der Waals surface area contributed by atoms with Crippen molar-refractivity contribution in [1.29, 1.82) is 0 Å². The molecule has 0 aliphatic rings. The monoisotopic (exact) mass is 161 g/mol. The van der Waals surface area contributed by atoms with Crippen molar-refractivity contribution in [3.63, 3.8) is 0 Å². The molecule has 58 valence electrons. The molecule has 10 heavy (non-hydrogen) atoms. The van der Waals surface area contributed by atoms with Crippen molar-refractivity contribution in [3.05, 3.63) is 0 Å². The van der Waals surface area contributed by atoms with Crippen molar-refractivity contribution in [2.45, 2.75) is 12.8 Å². The van der Waals surface area contributed by atoms with Gasteiger partial charge in [-0.3, -0.25) is 4.79 Å². The van der Waals surface area contributed by atoms with E-state index in [9.17, 15) is 4.79 Å². The summed E-state index contributed by atoms with van der Waals surface area (Å²) in [5.41, 5.74) is 0. The molecule has 0 saturated carbocycles. The lowest BCUT2D eigenvalue weighted by atomic mass is 10.3. The van der Waals surface area contributed by atoms with Gasteiger partial charge in [0.1, 0.15) is 0 Å². The maximum absolute atomic E-state index is 10.5. The molecule has 0 aromatic carbocycles. The average Bonchev–Trinajstić information content (AvgIpc) is 1.99. The lowest BCUT2D eigenvalue weighted by Crippen LogP contribution is -2.16. The zero-order valence-corrected chi connectivity index (χ0v) is 6.96. The first-order valence-electron chi connectivity index (χ1n) is 2.98. The third kappa shape index (κ3) is 4.26. The highest BCUT2D eigenvalue weighted by Crippen LogP contribution is 1.92. The van der Waals surface area contributed by atoms with Gasteiger partial charge in [-0.2, -0.15) is 0 Å². The third-order valence-electron chi connectivity index (χ3n) is 1.06. The number of thiocarbonyl (C=S) groups is 1. The molecule has 0 amide bonds. The Hall–Kier alpha value is -0.640. The molecule has 0 heterocycles. The van der Waals surface area contributed by atoms with Gasteiger partial charge in [-0.25, -0.2) is 0 Å². The molecule has 4 heteroatoms. The SMILES string of the molecule is CNC(=S)CCC(=O)OC. The number of ether oxygens (including phenoxy) is 1. The normalized spacial score (nSPS) is 8.60. The summed E-state index contributed by atoms with van der Waals surface area (Å²) in [6.45, 7) is 0. The fraction of sp³-hybridized carbons (Fsp3) is 0.667. The molecule has 0 atom stereocenters. The van der Waals surface area contributed by atoms with Gasteiger partial charge in [0.2, 0.25) is 0 Å². The van der Waals surface area contributed by atoms with E-state index in [1.165, 1.54) is 7.11 Å². The summed E-state index contributed by atoms with van der Waals surface area (Å²) in [5.74, 6) is -0.224. The van der Waals surface area contributed by atoms with E-state index in [0.717, 1.165) is 0 Å². The fourth-order valence-corrected chi connectivity index (χ4v) is 0.545. The van der Waals surface area contributed by atoms with Gasteiger partial charge in [-0.1, -0.05) is 12.2 Å². The van der Waals surface area contributed by atoms with Crippen molar-refractivity contribution >= 4 is 23.2 Å². The highest BCUT2D eigenvalue weighted by molar-refractivity contribution is 7.80. The van der Waals surface area contributed by atoms with E-state index < -0.39 is 0 Å². The molecule has 0 bridgehead atoms. The molecule has 1 N–H and O–H groups in total. The second kappa shape index (κ2) is 5.17. The Morgan fingerprint density at radius 1 is 1.60 bits per heavy atom. The Kier molecular flexibility index (Phi) is 4.84. The van der Waals surface area contributed by atoms with Crippen molar-refractivity contribution in [1.82, 2.24) is 5.32 Å². The summed E-state index contributed by atoms with van der Waals surface area (Å²) in [6.07, 6.45) is 0.925. The summed E-state index contributed by atoms with van der Waals surface area (Å²) in [6, 6.07) is 0.